The summed E-state index contributed by atoms with van der Waals surface area (Å²) in [5, 5.41) is 14.5. The first kappa shape index (κ1) is 24.2. The van der Waals surface area contributed by atoms with Gasteiger partial charge in [0.15, 0.2) is 0 Å². The van der Waals surface area contributed by atoms with Gasteiger partial charge in [0, 0.05) is 42.0 Å². The summed E-state index contributed by atoms with van der Waals surface area (Å²) in [6.45, 7) is 0.566. The summed E-state index contributed by atoms with van der Waals surface area (Å²) in [7, 11) is 1.55. The molecule has 0 amide bonds. The number of nitrogens with two attached hydrogens (primary N) is 1. The monoisotopic (exact) mass is 468 g/mol. The SMILES string of the molecule is COc1ccc2nccc([C@H](O)[C@@H](N)[C@H]3CC[C@H](NCC=Cc4cc(F)ccc4F)CC3)c2n1. The molecular formula is C26H30F2N4O2. The molecule has 0 spiro atoms. The van der Waals surface area contributed by atoms with Crippen LogP contribution in [0.3, 0.4) is 0 Å². The van der Waals surface area contributed by atoms with E-state index in [9.17, 15) is 13.9 Å². The fourth-order valence-corrected chi connectivity index (χ4v) is 4.62. The maximum absolute atomic E-state index is 13.7. The Hall–Kier alpha value is -2.94. The van der Waals surface area contributed by atoms with Gasteiger partial charge < -0.3 is 20.9 Å². The molecule has 2 heterocycles. The summed E-state index contributed by atoms with van der Waals surface area (Å²) in [5.41, 5.74) is 8.69. The Morgan fingerprint density at radius 1 is 1.18 bits per heavy atom. The summed E-state index contributed by atoms with van der Waals surface area (Å²) in [5.74, 6) is -0.260. The molecule has 2 atom stereocenters. The van der Waals surface area contributed by atoms with Crippen LogP contribution < -0.4 is 15.8 Å². The number of methoxy groups -OCH3 is 1. The van der Waals surface area contributed by atoms with Gasteiger partial charge in [0.2, 0.25) is 5.88 Å². The number of benzene rings is 1. The van der Waals surface area contributed by atoms with Crippen LogP contribution in [0.4, 0.5) is 8.78 Å². The Morgan fingerprint density at radius 3 is 2.74 bits per heavy atom. The average molecular weight is 469 g/mol. The molecule has 1 aliphatic carbocycles. The zero-order valence-electron chi connectivity index (χ0n) is 19.1. The van der Waals surface area contributed by atoms with Gasteiger partial charge in [0.05, 0.1) is 24.2 Å². The number of aliphatic hydroxyl groups is 1. The van der Waals surface area contributed by atoms with E-state index in [2.05, 4.69) is 15.3 Å². The van der Waals surface area contributed by atoms with Crippen molar-refractivity contribution in [3.05, 3.63) is 71.4 Å². The topological polar surface area (TPSA) is 93.3 Å². The molecule has 0 aliphatic heterocycles. The van der Waals surface area contributed by atoms with Gasteiger partial charge in [-0.3, -0.25) is 4.98 Å². The van der Waals surface area contributed by atoms with Crippen LogP contribution in [0.15, 0.2) is 48.7 Å². The van der Waals surface area contributed by atoms with Crippen LogP contribution >= 0.6 is 0 Å². The summed E-state index contributed by atoms with van der Waals surface area (Å²) >= 11 is 0. The number of nitrogens with one attached hydrogen (secondary N) is 1. The summed E-state index contributed by atoms with van der Waals surface area (Å²) in [6.07, 6.45) is 7.82. The lowest BCUT2D eigenvalue weighted by molar-refractivity contribution is 0.101. The Labute approximate surface area is 197 Å². The number of nitrogens with zero attached hydrogens (tertiary/aromatic N) is 2. The first-order valence-corrected chi connectivity index (χ1v) is 11.5. The molecule has 34 heavy (non-hydrogen) atoms. The van der Waals surface area contributed by atoms with E-state index in [4.69, 9.17) is 10.5 Å². The van der Waals surface area contributed by atoms with Gasteiger partial charge in [-0.25, -0.2) is 13.8 Å². The van der Waals surface area contributed by atoms with Crippen molar-refractivity contribution in [3.8, 4) is 5.88 Å². The van der Waals surface area contributed by atoms with Crippen LogP contribution in [0.25, 0.3) is 17.1 Å². The van der Waals surface area contributed by atoms with E-state index in [0.717, 1.165) is 37.8 Å². The number of fused-ring (bicyclic) bond motifs is 1. The average Bonchev–Trinajstić information content (AvgIpc) is 2.87. The molecule has 0 saturated heterocycles. The first-order valence-electron chi connectivity index (χ1n) is 11.5. The molecule has 1 aliphatic rings. The van der Waals surface area contributed by atoms with Gasteiger partial charge in [0.1, 0.15) is 11.6 Å². The zero-order chi connectivity index (χ0) is 24.1. The largest absolute Gasteiger partial charge is 0.481 e. The van der Waals surface area contributed by atoms with Crippen molar-refractivity contribution >= 4 is 17.1 Å². The molecule has 0 unspecified atom stereocenters. The second kappa shape index (κ2) is 11.0. The lowest BCUT2D eigenvalue weighted by Crippen LogP contribution is -2.41. The van der Waals surface area contributed by atoms with Crippen molar-refractivity contribution < 1.29 is 18.6 Å². The molecule has 6 nitrogen and oxygen atoms in total. The highest BCUT2D eigenvalue weighted by molar-refractivity contribution is 5.78. The van der Waals surface area contributed by atoms with E-state index in [0.29, 0.717) is 35.1 Å². The van der Waals surface area contributed by atoms with Crippen LogP contribution in [0.1, 0.15) is 42.9 Å². The van der Waals surface area contributed by atoms with E-state index in [1.807, 2.05) is 6.07 Å². The van der Waals surface area contributed by atoms with Crippen molar-refractivity contribution in [1.82, 2.24) is 15.3 Å². The number of aliphatic hydroxyl groups excluding tert-OH is 1. The Morgan fingerprint density at radius 2 is 1.97 bits per heavy atom. The van der Waals surface area contributed by atoms with E-state index in [-0.39, 0.29) is 11.5 Å². The van der Waals surface area contributed by atoms with Crippen molar-refractivity contribution in [2.75, 3.05) is 13.7 Å². The van der Waals surface area contributed by atoms with Crippen LogP contribution in [-0.2, 0) is 0 Å². The molecule has 0 bridgehead atoms. The van der Waals surface area contributed by atoms with Crippen molar-refractivity contribution in [3.63, 3.8) is 0 Å². The second-order valence-electron chi connectivity index (χ2n) is 8.73. The molecular weight excluding hydrogens is 438 g/mol. The summed E-state index contributed by atoms with van der Waals surface area (Å²) < 4.78 is 32.2. The molecule has 3 aromatic rings. The molecule has 2 aromatic heterocycles. The van der Waals surface area contributed by atoms with Gasteiger partial charge >= 0.3 is 0 Å². The normalized spacial score (nSPS) is 20.5. The number of rotatable bonds is 8. The molecule has 4 N–H and O–H groups in total. The minimum Gasteiger partial charge on any atom is -0.481 e. The highest BCUT2D eigenvalue weighted by atomic mass is 19.1. The molecule has 4 rings (SSSR count). The second-order valence-corrected chi connectivity index (χ2v) is 8.73. The van der Waals surface area contributed by atoms with Crippen LogP contribution in [0.2, 0.25) is 0 Å². The van der Waals surface area contributed by atoms with Gasteiger partial charge in [-0.2, -0.15) is 0 Å². The highest BCUT2D eigenvalue weighted by Gasteiger charge is 2.31. The van der Waals surface area contributed by atoms with Crippen LogP contribution in [0, 0.1) is 17.6 Å². The maximum Gasteiger partial charge on any atom is 0.213 e. The maximum atomic E-state index is 13.7. The third kappa shape index (κ3) is 5.58. The van der Waals surface area contributed by atoms with E-state index < -0.39 is 23.8 Å². The smallest absolute Gasteiger partial charge is 0.213 e. The van der Waals surface area contributed by atoms with Crippen LogP contribution in [0.5, 0.6) is 5.88 Å². The minimum atomic E-state index is -0.858. The quantitative estimate of drug-likeness (QED) is 0.460. The number of halogens is 2. The summed E-state index contributed by atoms with van der Waals surface area (Å²) in [6, 6.07) is 8.63. The first-order chi connectivity index (χ1) is 16.5. The van der Waals surface area contributed by atoms with Crippen molar-refractivity contribution in [1.29, 1.82) is 0 Å². The van der Waals surface area contributed by atoms with Gasteiger partial charge in [-0.05, 0) is 61.9 Å². The van der Waals surface area contributed by atoms with Gasteiger partial charge in [-0.15, -0.1) is 0 Å². The standard InChI is InChI=1S/C26H30F2N4O2/c1-34-23-11-10-22-25(32-23)20(12-14-31-22)26(33)24(29)16-4-7-19(8-5-16)30-13-2-3-17-15-18(27)6-9-21(17)28/h2-3,6,9-12,14-16,19,24,26,30,33H,4-5,7-8,13,29H2,1H3/t16-,19-,24-,26-/m0/s1. The highest BCUT2D eigenvalue weighted by Crippen LogP contribution is 2.33. The van der Waals surface area contributed by atoms with Gasteiger partial charge in [-0.1, -0.05) is 12.2 Å². The van der Waals surface area contributed by atoms with E-state index in [1.165, 1.54) is 6.07 Å². The Kier molecular flexibility index (Phi) is 7.82. The molecule has 1 aromatic carbocycles. The third-order valence-corrected chi connectivity index (χ3v) is 6.58. The predicted octanol–water partition coefficient (Wildman–Crippen LogP) is 4.14. The molecule has 1 saturated carbocycles. The Bertz CT molecular complexity index is 1150. The number of hydrogen-bond donors (Lipinski definition) is 3. The lowest BCUT2D eigenvalue weighted by atomic mass is 9.79. The van der Waals surface area contributed by atoms with Crippen molar-refractivity contribution in [2.45, 2.75) is 43.9 Å². The number of hydrogen-bond acceptors (Lipinski definition) is 6. The van der Waals surface area contributed by atoms with Crippen molar-refractivity contribution in [2.24, 2.45) is 11.7 Å². The fraction of sp³-hybridized carbons (Fsp3) is 0.385. The number of ether oxygens (including phenoxy) is 1. The number of pyridine rings is 2. The van der Waals surface area contributed by atoms with Crippen LogP contribution in [-0.4, -0.2) is 40.8 Å². The number of aromatic nitrogens is 2. The third-order valence-electron chi connectivity index (χ3n) is 6.58. The lowest BCUT2D eigenvalue weighted by Gasteiger charge is -2.34. The minimum absolute atomic E-state index is 0.179. The predicted molar refractivity (Wildman–Crippen MR) is 128 cm³/mol. The van der Waals surface area contributed by atoms with E-state index in [1.54, 1.807) is 37.6 Å². The zero-order valence-corrected chi connectivity index (χ0v) is 19.1. The van der Waals surface area contributed by atoms with Gasteiger partial charge in [0.25, 0.3) is 0 Å². The fourth-order valence-electron chi connectivity index (χ4n) is 4.62. The molecule has 1 fully saturated rings. The molecule has 0 radical (unpaired) electrons. The Balaban J connectivity index is 1.31. The summed E-state index contributed by atoms with van der Waals surface area (Å²) in [4.78, 5) is 8.79. The van der Waals surface area contributed by atoms with E-state index >= 15 is 0 Å². The molecule has 8 heteroatoms. The molecule has 180 valence electrons.